The topological polar surface area (TPSA) is 113 Å². The number of piperazine rings is 1. The third-order valence-corrected chi connectivity index (χ3v) is 8.24. The highest BCUT2D eigenvalue weighted by Crippen LogP contribution is 2.38. The maximum Gasteiger partial charge on any atom is 0.291 e. The van der Waals surface area contributed by atoms with Crippen LogP contribution in [-0.2, 0) is 10.0 Å². The van der Waals surface area contributed by atoms with E-state index in [1.807, 2.05) is 0 Å². The summed E-state index contributed by atoms with van der Waals surface area (Å²) in [6, 6.07) is 3.47. The third kappa shape index (κ3) is 4.61. The van der Waals surface area contributed by atoms with Gasteiger partial charge >= 0.3 is 0 Å². The number of nitrogens with zero attached hydrogens (tertiary/aromatic N) is 5. The minimum atomic E-state index is -3.79. The molecule has 0 amide bonds. The highest BCUT2D eigenvalue weighted by atomic mass is 32.2. The van der Waals surface area contributed by atoms with Gasteiger partial charge in [0.25, 0.3) is 6.43 Å². The summed E-state index contributed by atoms with van der Waals surface area (Å²) in [5, 5.41) is 11.2. The summed E-state index contributed by atoms with van der Waals surface area (Å²) >= 11 is 0.743. The second-order valence-electron chi connectivity index (χ2n) is 8.97. The molecule has 1 aromatic carbocycles. The van der Waals surface area contributed by atoms with E-state index in [0.29, 0.717) is 41.2 Å². The lowest BCUT2D eigenvalue weighted by Crippen LogP contribution is -2.54. The Balaban J connectivity index is 1.74. The molecule has 3 aromatic rings. The van der Waals surface area contributed by atoms with Gasteiger partial charge in [-0.1, -0.05) is 11.3 Å². The molecule has 1 saturated heterocycles. The molecule has 0 radical (unpaired) electrons. The van der Waals surface area contributed by atoms with Crippen molar-refractivity contribution in [3.05, 3.63) is 23.0 Å². The van der Waals surface area contributed by atoms with Crippen LogP contribution in [0.25, 0.3) is 21.6 Å². The zero-order valence-electron chi connectivity index (χ0n) is 18.9. The molecule has 13 heteroatoms. The van der Waals surface area contributed by atoms with Crippen molar-refractivity contribution in [3.8, 4) is 10.7 Å². The summed E-state index contributed by atoms with van der Waals surface area (Å²) < 4.78 is 55.5. The van der Waals surface area contributed by atoms with Gasteiger partial charge < -0.3 is 10.2 Å². The molecule has 3 heterocycles. The van der Waals surface area contributed by atoms with Gasteiger partial charge in [0.05, 0.1) is 16.1 Å². The van der Waals surface area contributed by atoms with Crippen molar-refractivity contribution in [1.29, 1.82) is 0 Å². The SMILES string of the molecule is Cc1nc(-c2nnc(C(F)F)s2)c2cc(S(=O)(=O)NC3CC3)cc(N3C[C@H](C)N[C@@H](C)C3)c2n1. The van der Waals surface area contributed by atoms with Crippen molar-refractivity contribution >= 4 is 38.0 Å². The first-order valence-electron chi connectivity index (χ1n) is 11.1. The first-order chi connectivity index (χ1) is 16.1. The molecule has 2 atom stereocenters. The third-order valence-electron chi connectivity index (χ3n) is 5.80. The van der Waals surface area contributed by atoms with E-state index in [9.17, 15) is 17.2 Å². The average Bonchev–Trinajstić information content (AvgIpc) is 3.41. The normalized spacial score (nSPS) is 21.5. The Hall–Kier alpha value is -2.35. The number of anilines is 1. The summed E-state index contributed by atoms with van der Waals surface area (Å²) in [5.41, 5.74) is 1.52. The number of rotatable bonds is 6. The lowest BCUT2D eigenvalue weighted by Gasteiger charge is -2.38. The van der Waals surface area contributed by atoms with Gasteiger partial charge in [-0.25, -0.2) is 31.9 Å². The van der Waals surface area contributed by atoms with Crippen LogP contribution in [0, 0.1) is 6.92 Å². The lowest BCUT2D eigenvalue weighted by atomic mass is 10.1. The van der Waals surface area contributed by atoms with Crippen LogP contribution in [0.5, 0.6) is 0 Å². The Kier molecular flexibility index (Phi) is 5.99. The van der Waals surface area contributed by atoms with Gasteiger partial charge in [0.2, 0.25) is 10.0 Å². The van der Waals surface area contributed by atoms with Crippen LogP contribution >= 0.6 is 11.3 Å². The fraction of sp³-hybridized carbons (Fsp3) is 0.524. The van der Waals surface area contributed by atoms with E-state index in [1.165, 1.54) is 6.07 Å². The molecule has 2 aromatic heterocycles. The molecule has 1 saturated carbocycles. The van der Waals surface area contributed by atoms with Crippen molar-refractivity contribution in [2.75, 3.05) is 18.0 Å². The van der Waals surface area contributed by atoms with Gasteiger partial charge in [-0.15, -0.1) is 10.2 Å². The molecule has 0 unspecified atom stereocenters. The van der Waals surface area contributed by atoms with Gasteiger partial charge in [0, 0.05) is 36.6 Å². The summed E-state index contributed by atoms with van der Waals surface area (Å²) in [6.45, 7) is 7.17. The number of fused-ring (bicyclic) bond motifs is 1. The van der Waals surface area contributed by atoms with Crippen molar-refractivity contribution in [2.24, 2.45) is 0 Å². The molecule has 182 valence electrons. The van der Waals surface area contributed by atoms with Crippen LogP contribution < -0.4 is 14.9 Å². The second-order valence-corrected chi connectivity index (χ2v) is 11.7. The van der Waals surface area contributed by atoms with E-state index in [2.05, 4.69) is 49.0 Å². The number of hydrogen-bond acceptors (Lipinski definition) is 9. The number of alkyl halides is 2. The molecule has 1 aliphatic carbocycles. The second kappa shape index (κ2) is 8.70. The van der Waals surface area contributed by atoms with E-state index in [4.69, 9.17) is 0 Å². The smallest absolute Gasteiger partial charge is 0.291 e. The fourth-order valence-corrected chi connectivity index (χ4v) is 6.34. The fourth-order valence-electron chi connectivity index (χ4n) is 4.29. The van der Waals surface area contributed by atoms with Crippen LogP contribution in [0.2, 0.25) is 0 Å². The lowest BCUT2D eigenvalue weighted by molar-refractivity contribution is 0.150. The molecule has 0 bridgehead atoms. The van der Waals surface area contributed by atoms with Gasteiger partial charge in [-0.3, -0.25) is 0 Å². The largest absolute Gasteiger partial charge is 0.367 e. The maximum absolute atomic E-state index is 13.2. The van der Waals surface area contributed by atoms with Crippen LogP contribution in [0.1, 0.15) is 43.9 Å². The standard InChI is InChI=1S/C21H25F2N7O2S2/c1-10-8-30(9-11(2)24-10)16-7-14(34(31,32)29-13-4-5-13)6-15-17(16)25-12(3)26-18(15)20-27-28-21(33-20)19(22)23/h6-7,10-11,13,19,24,29H,4-5,8-9H2,1-3H3/t10-,11-/m0/s1. The van der Waals surface area contributed by atoms with Gasteiger partial charge in [0.15, 0.2) is 10.0 Å². The highest BCUT2D eigenvalue weighted by Gasteiger charge is 2.31. The highest BCUT2D eigenvalue weighted by molar-refractivity contribution is 7.89. The van der Waals surface area contributed by atoms with Crippen LogP contribution in [-0.4, -0.2) is 59.8 Å². The van der Waals surface area contributed by atoms with Crippen LogP contribution in [0.4, 0.5) is 14.5 Å². The number of sulfonamides is 1. The summed E-state index contributed by atoms with van der Waals surface area (Å²) in [7, 11) is -3.79. The monoisotopic (exact) mass is 509 g/mol. The van der Waals surface area contributed by atoms with Crippen LogP contribution in [0.15, 0.2) is 17.0 Å². The van der Waals surface area contributed by atoms with E-state index in [1.54, 1.807) is 13.0 Å². The number of nitrogens with one attached hydrogen (secondary N) is 2. The Morgan fingerprint density at radius 2 is 1.85 bits per heavy atom. The summed E-state index contributed by atoms with van der Waals surface area (Å²) in [6.07, 6.45) is -1.14. The van der Waals surface area contributed by atoms with Crippen molar-refractivity contribution in [3.63, 3.8) is 0 Å². The van der Waals surface area contributed by atoms with Gasteiger partial charge in [0.1, 0.15) is 11.5 Å². The zero-order chi connectivity index (χ0) is 24.2. The van der Waals surface area contributed by atoms with E-state index in [-0.39, 0.29) is 28.0 Å². The summed E-state index contributed by atoms with van der Waals surface area (Å²) in [4.78, 5) is 11.3. The van der Waals surface area contributed by atoms with Crippen LogP contribution in [0.3, 0.4) is 0 Å². The molecular formula is C21H25F2N7O2S2. The minimum Gasteiger partial charge on any atom is -0.367 e. The number of aryl methyl sites for hydroxylation is 1. The molecule has 34 heavy (non-hydrogen) atoms. The Labute approximate surface area is 200 Å². The first kappa shape index (κ1) is 23.4. The maximum atomic E-state index is 13.2. The number of hydrogen-bond donors (Lipinski definition) is 2. The number of benzene rings is 1. The van der Waals surface area contributed by atoms with Crippen molar-refractivity contribution in [1.82, 2.24) is 30.2 Å². The van der Waals surface area contributed by atoms with Crippen molar-refractivity contribution < 1.29 is 17.2 Å². The van der Waals surface area contributed by atoms with Gasteiger partial charge in [-0.05, 0) is 45.7 Å². The molecule has 5 rings (SSSR count). The molecule has 0 spiro atoms. The van der Waals surface area contributed by atoms with E-state index >= 15 is 0 Å². The van der Waals surface area contributed by atoms with E-state index in [0.717, 1.165) is 24.2 Å². The zero-order valence-corrected chi connectivity index (χ0v) is 20.6. The minimum absolute atomic E-state index is 0.0612. The number of aromatic nitrogens is 4. The molecule has 1 aliphatic heterocycles. The summed E-state index contributed by atoms with van der Waals surface area (Å²) in [5.74, 6) is 0.431. The Morgan fingerprint density at radius 3 is 2.47 bits per heavy atom. The molecule has 2 fully saturated rings. The molecule has 2 N–H and O–H groups in total. The first-order valence-corrected chi connectivity index (χ1v) is 13.4. The Bertz CT molecular complexity index is 1330. The average molecular weight is 510 g/mol. The predicted octanol–water partition coefficient (Wildman–Crippen LogP) is 3.02. The molecule has 9 nitrogen and oxygen atoms in total. The molecular weight excluding hydrogens is 484 g/mol. The Morgan fingerprint density at radius 1 is 1.15 bits per heavy atom. The van der Waals surface area contributed by atoms with E-state index < -0.39 is 21.5 Å². The predicted molar refractivity (Wildman–Crippen MR) is 126 cm³/mol. The number of halogens is 2. The molecule has 2 aliphatic rings. The van der Waals surface area contributed by atoms with Gasteiger partial charge in [-0.2, -0.15) is 0 Å². The quantitative estimate of drug-likeness (QED) is 0.522. The van der Waals surface area contributed by atoms with Crippen molar-refractivity contribution in [2.45, 2.75) is 63.1 Å².